The zero-order valence-corrected chi connectivity index (χ0v) is 22.2. The molecule has 2 aromatic rings. The molecule has 0 saturated heterocycles. The van der Waals surface area contributed by atoms with E-state index in [2.05, 4.69) is 29.1 Å². The summed E-state index contributed by atoms with van der Waals surface area (Å²) in [5.74, 6) is 2.48. The van der Waals surface area contributed by atoms with Gasteiger partial charge < -0.3 is 19.9 Å². The highest BCUT2D eigenvalue weighted by Crippen LogP contribution is 2.25. The Bertz CT molecular complexity index is 884. The number of hydrogen-bond acceptors (Lipinski definition) is 7. The summed E-state index contributed by atoms with van der Waals surface area (Å²) in [5, 5.41) is 11.7. The van der Waals surface area contributed by atoms with Gasteiger partial charge in [0.15, 0.2) is 5.82 Å². The molecule has 0 fully saturated rings. The highest BCUT2D eigenvalue weighted by atomic mass is 32.2. The number of rotatable bonds is 10. The van der Waals surface area contributed by atoms with Crippen molar-refractivity contribution in [2.24, 2.45) is 0 Å². The van der Waals surface area contributed by atoms with E-state index in [0.717, 1.165) is 12.2 Å². The summed E-state index contributed by atoms with van der Waals surface area (Å²) in [6.07, 6.45) is 12.8. The Morgan fingerprint density at radius 3 is 2.32 bits per heavy atom. The SMILES string of the molecule is CC.CC/C=C(\C=C/CSC)Oc1cc(OC)cc(C(=O)Nc2cnc(CO)cn2)c1.CCC. The Hall–Kier alpha value is -2.84. The molecule has 1 amide bonds. The molecular weight excluding hydrogens is 450 g/mol. The summed E-state index contributed by atoms with van der Waals surface area (Å²) in [4.78, 5) is 20.7. The van der Waals surface area contributed by atoms with Crippen molar-refractivity contribution >= 4 is 23.5 Å². The summed E-state index contributed by atoms with van der Waals surface area (Å²) in [6.45, 7) is 10.1. The molecule has 0 atom stereocenters. The number of nitrogens with zero attached hydrogens (tertiary/aromatic N) is 2. The molecule has 2 rings (SSSR count). The van der Waals surface area contributed by atoms with E-state index >= 15 is 0 Å². The van der Waals surface area contributed by atoms with Crippen molar-refractivity contribution in [3.63, 3.8) is 0 Å². The standard InChI is InChI=1S/C21H25N3O4S.C3H8.C2H6/c1-4-6-17(7-5-8-29-3)28-19-10-15(9-18(11-19)27-2)21(26)24-20-13-22-16(14-25)12-23-20;1-3-2;1-2/h5-7,9-13,25H,4,8,14H2,1-3H3,(H,23,24,26);3H2,1-2H3;1-2H3/b7-5-,17-6+;;. The van der Waals surface area contributed by atoms with Crippen LogP contribution in [0.5, 0.6) is 11.5 Å². The number of allylic oxidation sites excluding steroid dienone is 2. The molecule has 0 aliphatic carbocycles. The van der Waals surface area contributed by atoms with E-state index in [-0.39, 0.29) is 18.3 Å². The van der Waals surface area contributed by atoms with E-state index in [1.54, 1.807) is 30.0 Å². The molecule has 188 valence electrons. The maximum Gasteiger partial charge on any atom is 0.257 e. The van der Waals surface area contributed by atoms with E-state index in [9.17, 15) is 4.79 Å². The summed E-state index contributed by atoms with van der Waals surface area (Å²) in [6, 6.07) is 4.97. The highest BCUT2D eigenvalue weighted by molar-refractivity contribution is 7.98. The molecule has 1 heterocycles. The van der Waals surface area contributed by atoms with Crippen molar-refractivity contribution in [1.82, 2.24) is 9.97 Å². The van der Waals surface area contributed by atoms with Crippen molar-refractivity contribution in [2.75, 3.05) is 24.4 Å². The number of benzene rings is 1. The number of hydrogen-bond donors (Lipinski definition) is 2. The predicted octanol–water partition coefficient (Wildman–Crippen LogP) is 6.26. The summed E-state index contributed by atoms with van der Waals surface area (Å²) >= 11 is 1.72. The third-order valence-electron chi connectivity index (χ3n) is 3.67. The van der Waals surface area contributed by atoms with Gasteiger partial charge in [-0.2, -0.15) is 11.8 Å². The fourth-order valence-corrected chi connectivity index (χ4v) is 2.60. The minimum Gasteiger partial charge on any atom is -0.497 e. The topological polar surface area (TPSA) is 93.6 Å². The molecule has 0 bridgehead atoms. The maximum absolute atomic E-state index is 12.6. The number of nitrogens with one attached hydrogen (secondary N) is 1. The lowest BCUT2D eigenvalue weighted by molar-refractivity contribution is 0.102. The van der Waals surface area contributed by atoms with Gasteiger partial charge in [-0.25, -0.2) is 4.98 Å². The monoisotopic (exact) mass is 489 g/mol. The first-order chi connectivity index (χ1) is 16.5. The second-order valence-corrected chi connectivity index (χ2v) is 7.49. The average molecular weight is 490 g/mol. The number of anilines is 1. The van der Waals surface area contributed by atoms with Gasteiger partial charge in [0.25, 0.3) is 5.91 Å². The molecule has 1 aromatic carbocycles. The molecular formula is C26H39N3O4S. The van der Waals surface area contributed by atoms with Gasteiger partial charge in [-0.15, -0.1) is 0 Å². The zero-order valence-electron chi connectivity index (χ0n) is 21.4. The average Bonchev–Trinajstić information content (AvgIpc) is 2.86. The third kappa shape index (κ3) is 12.4. The number of thioether (sulfide) groups is 1. The van der Waals surface area contributed by atoms with Crippen LogP contribution in [0, 0.1) is 0 Å². The first-order valence-electron chi connectivity index (χ1n) is 11.5. The first-order valence-corrected chi connectivity index (χ1v) is 12.9. The number of carbonyl (C=O) groups is 1. The van der Waals surface area contributed by atoms with E-state index in [1.165, 1.54) is 25.9 Å². The molecule has 0 aliphatic rings. The van der Waals surface area contributed by atoms with Crippen molar-refractivity contribution in [2.45, 2.75) is 54.1 Å². The summed E-state index contributed by atoms with van der Waals surface area (Å²) in [7, 11) is 1.53. The number of amides is 1. The second-order valence-electron chi connectivity index (χ2n) is 6.58. The molecule has 0 aliphatic heterocycles. The molecule has 7 nitrogen and oxygen atoms in total. The van der Waals surface area contributed by atoms with E-state index in [4.69, 9.17) is 14.6 Å². The number of ether oxygens (including phenoxy) is 2. The van der Waals surface area contributed by atoms with Crippen LogP contribution in [0.1, 0.15) is 63.5 Å². The number of aliphatic hydroxyl groups excluding tert-OH is 1. The molecule has 34 heavy (non-hydrogen) atoms. The van der Waals surface area contributed by atoms with Gasteiger partial charge in [0, 0.05) is 17.4 Å². The van der Waals surface area contributed by atoms with Gasteiger partial charge in [-0.3, -0.25) is 9.78 Å². The second kappa shape index (κ2) is 19.6. The molecule has 2 N–H and O–H groups in total. The fraction of sp³-hybridized carbons (Fsp3) is 0.423. The van der Waals surface area contributed by atoms with Crippen LogP contribution < -0.4 is 14.8 Å². The van der Waals surface area contributed by atoms with E-state index in [1.807, 2.05) is 45.3 Å². The molecule has 0 radical (unpaired) electrons. The normalized spacial score (nSPS) is 10.5. The van der Waals surface area contributed by atoms with Crippen LogP contribution >= 0.6 is 11.8 Å². The number of carbonyl (C=O) groups excluding carboxylic acids is 1. The van der Waals surface area contributed by atoms with Gasteiger partial charge in [-0.1, -0.05) is 47.1 Å². The van der Waals surface area contributed by atoms with Gasteiger partial charge in [-0.05, 0) is 37.0 Å². The van der Waals surface area contributed by atoms with E-state index in [0.29, 0.717) is 28.5 Å². The zero-order chi connectivity index (χ0) is 25.8. The molecule has 0 unspecified atom stereocenters. The van der Waals surface area contributed by atoms with Crippen LogP contribution in [-0.4, -0.2) is 40.1 Å². The lowest BCUT2D eigenvalue weighted by atomic mass is 10.2. The number of aromatic nitrogens is 2. The highest BCUT2D eigenvalue weighted by Gasteiger charge is 2.12. The smallest absolute Gasteiger partial charge is 0.257 e. The predicted molar refractivity (Wildman–Crippen MR) is 143 cm³/mol. The molecule has 1 aromatic heterocycles. The lowest BCUT2D eigenvalue weighted by Gasteiger charge is -2.11. The number of aliphatic hydroxyl groups is 1. The third-order valence-corrected chi connectivity index (χ3v) is 4.20. The van der Waals surface area contributed by atoms with E-state index < -0.39 is 0 Å². The Labute approximate surface area is 208 Å². The Kier molecular flexibility index (Phi) is 18.0. The Balaban J connectivity index is 0.00000201. The summed E-state index contributed by atoms with van der Waals surface area (Å²) < 4.78 is 11.3. The van der Waals surface area contributed by atoms with Crippen LogP contribution in [0.3, 0.4) is 0 Å². The summed E-state index contributed by atoms with van der Waals surface area (Å²) in [5.41, 5.74) is 0.779. The Morgan fingerprint density at radius 1 is 1.12 bits per heavy atom. The van der Waals surface area contributed by atoms with Gasteiger partial charge in [0.2, 0.25) is 0 Å². The number of methoxy groups -OCH3 is 1. The van der Waals surface area contributed by atoms with Crippen LogP contribution in [0.4, 0.5) is 5.82 Å². The van der Waals surface area contributed by atoms with Crippen LogP contribution in [-0.2, 0) is 6.61 Å². The largest absolute Gasteiger partial charge is 0.497 e. The van der Waals surface area contributed by atoms with Crippen molar-refractivity contribution in [3.05, 3.63) is 65.8 Å². The molecule has 0 spiro atoms. The molecule has 0 saturated carbocycles. The van der Waals surface area contributed by atoms with Gasteiger partial charge in [0.05, 0.1) is 31.8 Å². The maximum atomic E-state index is 12.6. The van der Waals surface area contributed by atoms with Crippen LogP contribution in [0.25, 0.3) is 0 Å². The van der Waals surface area contributed by atoms with Crippen LogP contribution in [0.15, 0.2) is 54.6 Å². The Morgan fingerprint density at radius 2 is 1.79 bits per heavy atom. The lowest BCUT2D eigenvalue weighted by Crippen LogP contribution is -2.14. The first kappa shape index (κ1) is 31.2. The van der Waals surface area contributed by atoms with Crippen molar-refractivity contribution < 1.29 is 19.4 Å². The van der Waals surface area contributed by atoms with Gasteiger partial charge >= 0.3 is 0 Å². The van der Waals surface area contributed by atoms with Crippen LogP contribution in [0.2, 0.25) is 0 Å². The van der Waals surface area contributed by atoms with Crippen molar-refractivity contribution in [1.29, 1.82) is 0 Å². The quantitative estimate of drug-likeness (QED) is 0.300. The van der Waals surface area contributed by atoms with Crippen molar-refractivity contribution in [3.8, 4) is 11.5 Å². The van der Waals surface area contributed by atoms with Gasteiger partial charge in [0.1, 0.15) is 17.3 Å². The minimum absolute atomic E-state index is 0.211. The fourth-order valence-electron chi connectivity index (χ4n) is 2.31. The minimum atomic E-state index is -0.376. The molecule has 8 heteroatoms.